The fraction of sp³-hybridized carbons (Fsp3) is 0.286. The number of ether oxygens (including phenoxy) is 4. The van der Waals surface area contributed by atoms with Gasteiger partial charge >= 0.3 is 5.97 Å². The summed E-state index contributed by atoms with van der Waals surface area (Å²) in [7, 11) is 4.57. The summed E-state index contributed by atoms with van der Waals surface area (Å²) in [5.41, 5.74) is 0.864. The van der Waals surface area contributed by atoms with E-state index in [0.29, 0.717) is 28.7 Å². The Hall–Kier alpha value is -2.50. The molecule has 1 heterocycles. The normalized spacial score (nSPS) is 15.9. The minimum atomic E-state index is -0.487. The summed E-state index contributed by atoms with van der Waals surface area (Å²) in [6.07, 6.45) is 1.58. The Bertz CT molecular complexity index is 604. The Morgan fingerprint density at radius 2 is 1.80 bits per heavy atom. The fourth-order valence-corrected chi connectivity index (χ4v) is 1.90. The van der Waals surface area contributed by atoms with Crippen molar-refractivity contribution >= 4 is 17.9 Å². The monoisotopic (exact) mass is 277 g/mol. The Kier molecular flexibility index (Phi) is 3.93. The molecule has 0 aromatic heterocycles. The second-order valence-electron chi connectivity index (χ2n) is 3.97. The molecule has 106 valence electrons. The quantitative estimate of drug-likeness (QED) is 0.622. The van der Waals surface area contributed by atoms with Crippen molar-refractivity contribution in [3.05, 3.63) is 23.4 Å². The molecule has 0 saturated heterocycles. The summed E-state index contributed by atoms with van der Waals surface area (Å²) in [6, 6.07) is 3.48. The largest absolute Gasteiger partial charge is 0.493 e. The molecule has 1 aliphatic heterocycles. The van der Waals surface area contributed by atoms with E-state index in [9.17, 15) is 4.79 Å². The highest BCUT2D eigenvalue weighted by molar-refractivity contribution is 6.06. The molecule has 6 heteroatoms. The van der Waals surface area contributed by atoms with E-state index in [1.807, 2.05) is 0 Å². The van der Waals surface area contributed by atoms with E-state index in [4.69, 9.17) is 18.9 Å². The van der Waals surface area contributed by atoms with Crippen LogP contribution in [0.15, 0.2) is 22.8 Å². The molecular weight excluding hydrogens is 262 g/mol. The van der Waals surface area contributed by atoms with Gasteiger partial charge in [-0.05, 0) is 18.2 Å². The second-order valence-corrected chi connectivity index (χ2v) is 3.97. The highest BCUT2D eigenvalue weighted by Gasteiger charge is 2.22. The summed E-state index contributed by atoms with van der Waals surface area (Å²) in [5.74, 6) is 1.29. The third kappa shape index (κ3) is 2.45. The van der Waals surface area contributed by atoms with Crippen LogP contribution in [0.1, 0.15) is 12.5 Å². The van der Waals surface area contributed by atoms with Gasteiger partial charge in [-0.15, -0.1) is 0 Å². The molecule has 1 aromatic rings. The lowest BCUT2D eigenvalue weighted by Gasteiger charge is -2.14. The summed E-state index contributed by atoms with van der Waals surface area (Å²) >= 11 is 0. The van der Waals surface area contributed by atoms with E-state index in [2.05, 4.69) is 4.99 Å². The number of cyclic esters (lactones) is 1. The molecule has 0 fully saturated rings. The van der Waals surface area contributed by atoms with Crippen LogP contribution >= 0.6 is 0 Å². The first-order valence-electron chi connectivity index (χ1n) is 5.88. The number of carbonyl (C=O) groups is 1. The van der Waals surface area contributed by atoms with Gasteiger partial charge in [-0.25, -0.2) is 9.79 Å². The lowest BCUT2D eigenvalue weighted by molar-refractivity contribution is -0.130. The van der Waals surface area contributed by atoms with Crippen molar-refractivity contribution in [3.63, 3.8) is 0 Å². The summed E-state index contributed by atoms with van der Waals surface area (Å²) < 4.78 is 20.7. The zero-order valence-corrected chi connectivity index (χ0v) is 11.7. The first kappa shape index (κ1) is 13.9. The maximum Gasteiger partial charge on any atom is 0.363 e. The van der Waals surface area contributed by atoms with Gasteiger partial charge in [0.1, 0.15) is 0 Å². The predicted octanol–water partition coefficient (Wildman–Crippen LogP) is 2.03. The number of nitrogens with zero attached hydrogens (tertiary/aromatic N) is 1. The number of carbonyl (C=O) groups excluding carboxylic acids is 1. The molecule has 1 aliphatic rings. The number of benzene rings is 1. The van der Waals surface area contributed by atoms with Gasteiger partial charge in [-0.3, -0.25) is 0 Å². The number of rotatable bonds is 4. The standard InChI is InChI=1S/C14H15NO5/c1-8-15-10(14(16)20-8)7-9-5-6-11(17-2)13(19-4)12(9)18-3/h5-7H,1-4H3/b10-7-. The summed E-state index contributed by atoms with van der Waals surface area (Å²) in [4.78, 5) is 15.6. The molecular formula is C14H15NO5. The van der Waals surface area contributed by atoms with Crippen molar-refractivity contribution in [2.24, 2.45) is 4.99 Å². The topological polar surface area (TPSA) is 66.4 Å². The van der Waals surface area contributed by atoms with Gasteiger partial charge in [0.15, 0.2) is 23.1 Å². The smallest absolute Gasteiger partial charge is 0.363 e. The van der Waals surface area contributed by atoms with Gasteiger partial charge in [-0.2, -0.15) is 0 Å². The predicted molar refractivity (Wildman–Crippen MR) is 73.3 cm³/mol. The highest BCUT2D eigenvalue weighted by Crippen LogP contribution is 2.40. The van der Waals surface area contributed by atoms with Crippen LogP contribution in [-0.2, 0) is 9.53 Å². The Labute approximate surface area is 116 Å². The van der Waals surface area contributed by atoms with Crippen LogP contribution in [0.5, 0.6) is 17.2 Å². The minimum Gasteiger partial charge on any atom is -0.493 e. The zero-order chi connectivity index (χ0) is 14.7. The number of hydrogen-bond acceptors (Lipinski definition) is 6. The molecule has 2 rings (SSSR count). The molecule has 1 aromatic carbocycles. The van der Waals surface area contributed by atoms with Crippen LogP contribution in [0.4, 0.5) is 0 Å². The van der Waals surface area contributed by atoms with Crippen LogP contribution in [0.2, 0.25) is 0 Å². The molecule has 0 saturated carbocycles. The Balaban J connectivity index is 2.53. The third-order valence-corrected chi connectivity index (χ3v) is 2.75. The molecule has 0 aliphatic carbocycles. The third-order valence-electron chi connectivity index (χ3n) is 2.75. The molecule has 0 amide bonds. The number of methoxy groups -OCH3 is 3. The van der Waals surface area contributed by atoms with E-state index in [1.165, 1.54) is 21.3 Å². The molecule has 0 atom stereocenters. The molecule has 0 spiro atoms. The van der Waals surface area contributed by atoms with Gasteiger partial charge in [0.2, 0.25) is 5.75 Å². The molecule has 0 N–H and O–H groups in total. The van der Waals surface area contributed by atoms with Gasteiger partial charge < -0.3 is 18.9 Å². The SMILES string of the molecule is COc1ccc(/C=C2\N=C(C)OC2=O)c(OC)c1OC. The van der Waals surface area contributed by atoms with E-state index < -0.39 is 5.97 Å². The fourth-order valence-electron chi connectivity index (χ4n) is 1.90. The van der Waals surface area contributed by atoms with Gasteiger partial charge in [0, 0.05) is 12.5 Å². The van der Waals surface area contributed by atoms with E-state index in [-0.39, 0.29) is 5.70 Å². The van der Waals surface area contributed by atoms with E-state index >= 15 is 0 Å². The number of aliphatic imine (C=N–C) groups is 1. The Morgan fingerprint density at radius 3 is 2.30 bits per heavy atom. The van der Waals surface area contributed by atoms with Crippen LogP contribution in [0.3, 0.4) is 0 Å². The van der Waals surface area contributed by atoms with E-state index in [0.717, 1.165) is 0 Å². The minimum absolute atomic E-state index is 0.216. The van der Waals surface area contributed by atoms with Crippen LogP contribution in [-0.4, -0.2) is 33.2 Å². The van der Waals surface area contributed by atoms with Crippen LogP contribution in [0, 0.1) is 0 Å². The summed E-state index contributed by atoms with van der Waals surface area (Å²) in [6.45, 7) is 1.62. The number of hydrogen-bond donors (Lipinski definition) is 0. The maximum atomic E-state index is 11.6. The number of esters is 1. The molecule has 20 heavy (non-hydrogen) atoms. The van der Waals surface area contributed by atoms with Crippen LogP contribution in [0.25, 0.3) is 6.08 Å². The first-order valence-corrected chi connectivity index (χ1v) is 5.88. The molecule has 0 bridgehead atoms. The van der Waals surface area contributed by atoms with Crippen LogP contribution < -0.4 is 14.2 Å². The van der Waals surface area contributed by atoms with Crippen molar-refractivity contribution in [2.45, 2.75) is 6.92 Å². The first-order chi connectivity index (χ1) is 9.60. The summed E-state index contributed by atoms with van der Waals surface area (Å²) in [5, 5.41) is 0. The second kappa shape index (κ2) is 5.64. The lowest BCUT2D eigenvalue weighted by Crippen LogP contribution is -2.00. The zero-order valence-electron chi connectivity index (χ0n) is 11.7. The maximum absolute atomic E-state index is 11.6. The average Bonchev–Trinajstić information content (AvgIpc) is 2.76. The lowest BCUT2D eigenvalue weighted by atomic mass is 10.1. The van der Waals surface area contributed by atoms with Crippen molar-refractivity contribution in [3.8, 4) is 17.2 Å². The van der Waals surface area contributed by atoms with Crippen molar-refractivity contribution in [1.29, 1.82) is 0 Å². The highest BCUT2D eigenvalue weighted by atomic mass is 16.6. The molecule has 0 radical (unpaired) electrons. The van der Waals surface area contributed by atoms with Gasteiger partial charge in [0.25, 0.3) is 0 Å². The molecule has 0 unspecified atom stereocenters. The Morgan fingerprint density at radius 1 is 1.10 bits per heavy atom. The molecule has 6 nitrogen and oxygen atoms in total. The average molecular weight is 277 g/mol. The van der Waals surface area contributed by atoms with E-state index in [1.54, 1.807) is 25.1 Å². The van der Waals surface area contributed by atoms with Crippen molar-refractivity contribution < 1.29 is 23.7 Å². The van der Waals surface area contributed by atoms with Crippen molar-refractivity contribution in [1.82, 2.24) is 0 Å². The van der Waals surface area contributed by atoms with Crippen molar-refractivity contribution in [2.75, 3.05) is 21.3 Å². The van der Waals surface area contributed by atoms with Gasteiger partial charge in [-0.1, -0.05) is 0 Å². The van der Waals surface area contributed by atoms with Gasteiger partial charge in [0.05, 0.1) is 21.3 Å².